The number of carbonyl (C=O) groups is 2. The Morgan fingerprint density at radius 2 is 1.84 bits per heavy atom. The maximum atomic E-state index is 13.6. The second kappa shape index (κ2) is 9.43. The van der Waals surface area contributed by atoms with Crippen LogP contribution in [0, 0.1) is 0 Å². The molecule has 2 aromatic carbocycles. The van der Waals surface area contributed by atoms with Crippen LogP contribution in [0.1, 0.15) is 47.4 Å². The number of rotatable bonds is 6. The van der Waals surface area contributed by atoms with Crippen LogP contribution in [0.4, 0.5) is 11.4 Å². The zero-order valence-electron chi connectivity index (χ0n) is 17.5. The van der Waals surface area contributed by atoms with Gasteiger partial charge in [0, 0.05) is 25.4 Å². The number of likely N-dealkylation sites (tertiary alicyclic amines) is 1. The summed E-state index contributed by atoms with van der Waals surface area (Å²) in [6, 6.07) is 21.4. The number of aromatic nitrogens is 1. The summed E-state index contributed by atoms with van der Waals surface area (Å²) in [6.07, 6.45) is 3.61. The lowest BCUT2D eigenvalue weighted by atomic mass is 10.0. The fourth-order valence-electron chi connectivity index (χ4n) is 3.98. The zero-order valence-corrected chi connectivity index (χ0v) is 17.5. The van der Waals surface area contributed by atoms with Crippen molar-refractivity contribution in [1.29, 1.82) is 0 Å². The van der Waals surface area contributed by atoms with Crippen molar-refractivity contribution in [3.8, 4) is 0 Å². The first kappa shape index (κ1) is 20.6. The molecule has 1 aliphatic rings. The van der Waals surface area contributed by atoms with Gasteiger partial charge in [0.05, 0.1) is 29.5 Å². The van der Waals surface area contributed by atoms with Gasteiger partial charge in [-0.3, -0.25) is 14.6 Å². The Bertz CT molecular complexity index is 1070. The van der Waals surface area contributed by atoms with Crippen LogP contribution in [0.3, 0.4) is 0 Å². The van der Waals surface area contributed by atoms with E-state index in [1.54, 1.807) is 6.20 Å². The molecule has 6 heteroatoms. The van der Waals surface area contributed by atoms with Crippen LogP contribution >= 0.6 is 0 Å². The van der Waals surface area contributed by atoms with Crippen molar-refractivity contribution in [3.63, 3.8) is 0 Å². The van der Waals surface area contributed by atoms with Gasteiger partial charge in [0.15, 0.2) is 0 Å². The van der Waals surface area contributed by atoms with Crippen molar-refractivity contribution < 1.29 is 9.59 Å². The lowest BCUT2D eigenvalue weighted by Crippen LogP contribution is -2.31. The van der Waals surface area contributed by atoms with Crippen LogP contribution in [0.2, 0.25) is 0 Å². The molecule has 6 nitrogen and oxygen atoms in total. The highest BCUT2D eigenvalue weighted by molar-refractivity contribution is 6.00. The van der Waals surface area contributed by atoms with Crippen molar-refractivity contribution in [2.75, 3.05) is 11.9 Å². The number of para-hydroxylation sites is 2. The summed E-state index contributed by atoms with van der Waals surface area (Å²) in [5.41, 5.74) is 4.24. The molecule has 0 bridgehead atoms. The van der Waals surface area contributed by atoms with Crippen LogP contribution < -0.4 is 10.6 Å². The van der Waals surface area contributed by atoms with E-state index in [9.17, 15) is 9.59 Å². The quantitative estimate of drug-likeness (QED) is 0.625. The maximum Gasteiger partial charge on any atom is 0.256 e. The van der Waals surface area contributed by atoms with Gasteiger partial charge in [0.2, 0.25) is 5.91 Å². The first-order chi connectivity index (χ1) is 15.1. The summed E-state index contributed by atoms with van der Waals surface area (Å²) in [5.74, 6) is -0.0749. The SMILES string of the molecule is CC(=O)NCc1cc([C@@H]2CCCN2C(=O)c2ccccc2Nc2ccccc2)ccn1. The van der Waals surface area contributed by atoms with E-state index in [1.165, 1.54) is 6.92 Å². The first-order valence-electron chi connectivity index (χ1n) is 10.5. The summed E-state index contributed by atoms with van der Waals surface area (Å²) in [4.78, 5) is 31.1. The lowest BCUT2D eigenvalue weighted by Gasteiger charge is -2.26. The number of carbonyl (C=O) groups excluding carboxylic acids is 2. The monoisotopic (exact) mass is 414 g/mol. The van der Waals surface area contributed by atoms with Crippen LogP contribution in [-0.2, 0) is 11.3 Å². The third kappa shape index (κ3) is 4.91. The van der Waals surface area contributed by atoms with Gasteiger partial charge >= 0.3 is 0 Å². The summed E-state index contributed by atoms with van der Waals surface area (Å²) in [6.45, 7) is 2.59. The number of benzene rings is 2. The van der Waals surface area contributed by atoms with E-state index >= 15 is 0 Å². The van der Waals surface area contributed by atoms with Gasteiger partial charge in [-0.15, -0.1) is 0 Å². The van der Waals surface area contributed by atoms with Crippen molar-refractivity contribution >= 4 is 23.2 Å². The molecule has 0 unspecified atom stereocenters. The number of hydrogen-bond donors (Lipinski definition) is 2. The normalized spacial score (nSPS) is 15.5. The minimum atomic E-state index is -0.0904. The molecule has 3 aromatic rings. The molecular weight excluding hydrogens is 388 g/mol. The van der Waals surface area contributed by atoms with E-state index in [2.05, 4.69) is 15.6 Å². The lowest BCUT2D eigenvalue weighted by molar-refractivity contribution is -0.119. The molecule has 2 N–H and O–H groups in total. The van der Waals surface area contributed by atoms with Gasteiger partial charge in [-0.1, -0.05) is 30.3 Å². The van der Waals surface area contributed by atoms with E-state index in [-0.39, 0.29) is 17.9 Å². The maximum absolute atomic E-state index is 13.6. The summed E-state index contributed by atoms with van der Waals surface area (Å²) >= 11 is 0. The van der Waals surface area contributed by atoms with E-state index in [4.69, 9.17) is 0 Å². The summed E-state index contributed by atoms with van der Waals surface area (Å²) in [5, 5.41) is 6.15. The molecule has 4 rings (SSSR count). The van der Waals surface area contributed by atoms with E-state index in [1.807, 2.05) is 71.6 Å². The molecule has 158 valence electrons. The molecule has 1 saturated heterocycles. The van der Waals surface area contributed by atoms with Gasteiger partial charge in [-0.05, 0) is 54.8 Å². The van der Waals surface area contributed by atoms with Crippen molar-refractivity contribution in [1.82, 2.24) is 15.2 Å². The van der Waals surface area contributed by atoms with Crippen LogP contribution in [0.15, 0.2) is 72.9 Å². The minimum Gasteiger partial charge on any atom is -0.355 e. The van der Waals surface area contributed by atoms with Crippen molar-refractivity contribution in [2.45, 2.75) is 32.4 Å². The molecule has 1 atom stereocenters. The Morgan fingerprint density at radius 3 is 2.65 bits per heavy atom. The average Bonchev–Trinajstić information content (AvgIpc) is 3.29. The molecule has 1 aromatic heterocycles. The van der Waals surface area contributed by atoms with Crippen molar-refractivity contribution in [3.05, 3.63) is 89.7 Å². The fourth-order valence-corrected chi connectivity index (χ4v) is 3.98. The van der Waals surface area contributed by atoms with Crippen LogP contribution in [0.5, 0.6) is 0 Å². The molecule has 0 radical (unpaired) electrons. The predicted octanol–water partition coefficient (Wildman–Crippen LogP) is 4.44. The molecule has 2 heterocycles. The number of anilines is 2. The number of pyridine rings is 1. The minimum absolute atomic E-state index is 0.00337. The van der Waals surface area contributed by atoms with Gasteiger partial charge < -0.3 is 15.5 Å². The molecule has 1 aliphatic heterocycles. The molecule has 1 fully saturated rings. The first-order valence-corrected chi connectivity index (χ1v) is 10.5. The van der Waals surface area contributed by atoms with Gasteiger partial charge in [-0.25, -0.2) is 0 Å². The standard InChI is InChI=1S/C25H26N4O2/c1-18(30)27-17-21-16-19(13-14-26-21)24-12-7-15-29(24)25(31)22-10-5-6-11-23(22)28-20-8-3-2-4-9-20/h2-6,8-11,13-14,16,24,28H,7,12,15,17H2,1H3,(H,27,30)/t24-/m0/s1. The third-order valence-electron chi connectivity index (χ3n) is 5.47. The molecule has 0 aliphatic carbocycles. The molecule has 0 spiro atoms. The second-order valence-electron chi connectivity index (χ2n) is 7.68. The molecular formula is C25H26N4O2. The van der Waals surface area contributed by atoms with Gasteiger partial charge in [-0.2, -0.15) is 0 Å². The summed E-state index contributed by atoms with van der Waals surface area (Å²) in [7, 11) is 0. The topological polar surface area (TPSA) is 74.3 Å². The Morgan fingerprint density at radius 1 is 1.06 bits per heavy atom. The predicted molar refractivity (Wildman–Crippen MR) is 121 cm³/mol. The third-order valence-corrected chi connectivity index (χ3v) is 5.47. The van der Waals surface area contributed by atoms with E-state index in [0.29, 0.717) is 18.7 Å². The number of amides is 2. The number of hydrogen-bond acceptors (Lipinski definition) is 4. The highest BCUT2D eigenvalue weighted by Crippen LogP contribution is 2.34. The Kier molecular flexibility index (Phi) is 6.26. The van der Waals surface area contributed by atoms with Crippen LogP contribution in [0.25, 0.3) is 0 Å². The largest absolute Gasteiger partial charge is 0.355 e. The second-order valence-corrected chi connectivity index (χ2v) is 7.68. The van der Waals surface area contributed by atoms with E-state index in [0.717, 1.165) is 35.5 Å². The van der Waals surface area contributed by atoms with Crippen LogP contribution in [-0.4, -0.2) is 28.2 Å². The zero-order chi connectivity index (χ0) is 21.6. The highest BCUT2D eigenvalue weighted by Gasteiger charge is 2.31. The molecule has 0 saturated carbocycles. The Hall–Kier alpha value is -3.67. The van der Waals surface area contributed by atoms with Gasteiger partial charge in [0.1, 0.15) is 0 Å². The average molecular weight is 415 g/mol. The number of nitrogens with one attached hydrogen (secondary N) is 2. The molecule has 2 amide bonds. The Balaban J connectivity index is 1.57. The van der Waals surface area contributed by atoms with E-state index < -0.39 is 0 Å². The van der Waals surface area contributed by atoms with Gasteiger partial charge in [0.25, 0.3) is 5.91 Å². The molecule has 31 heavy (non-hydrogen) atoms. The number of nitrogens with zero attached hydrogens (tertiary/aromatic N) is 2. The fraction of sp³-hybridized carbons (Fsp3) is 0.240. The smallest absolute Gasteiger partial charge is 0.256 e. The Labute approximate surface area is 182 Å². The van der Waals surface area contributed by atoms with Crippen molar-refractivity contribution in [2.24, 2.45) is 0 Å². The highest BCUT2D eigenvalue weighted by atomic mass is 16.2. The summed E-state index contributed by atoms with van der Waals surface area (Å²) < 4.78 is 0.